The number of hydrogen-bond acceptors (Lipinski definition) is 4. The number of ether oxygens (including phenoxy) is 2. The minimum absolute atomic E-state index is 0.107. The van der Waals surface area contributed by atoms with Gasteiger partial charge in [0.25, 0.3) is 0 Å². The molecule has 27 heavy (non-hydrogen) atoms. The third-order valence-corrected chi connectivity index (χ3v) is 5.64. The lowest BCUT2D eigenvalue weighted by molar-refractivity contribution is -0.139. The fourth-order valence-electron chi connectivity index (χ4n) is 2.65. The average molecular weight is 422 g/mol. The molecule has 1 aliphatic heterocycles. The minimum Gasteiger partial charge on any atom is -0.486 e. The number of benzene rings is 2. The summed E-state index contributed by atoms with van der Waals surface area (Å²) in [5.41, 5.74) is -0.545. The van der Waals surface area contributed by atoms with Crippen LogP contribution in [-0.4, -0.2) is 28.2 Å². The topological polar surface area (TPSA) is 64.6 Å². The maximum atomic E-state index is 13.0. The SMILES string of the molecule is O=S(=O)(NCCc1cc(Cl)c2c(c1)OCCO2)c1ccccc1C(F)(F)F. The van der Waals surface area contributed by atoms with Gasteiger partial charge in [0.15, 0.2) is 11.5 Å². The third-order valence-electron chi connectivity index (χ3n) is 3.84. The number of halogens is 4. The van der Waals surface area contributed by atoms with Crippen LogP contribution in [-0.2, 0) is 22.6 Å². The second-order valence-electron chi connectivity index (χ2n) is 5.74. The van der Waals surface area contributed by atoms with E-state index in [-0.39, 0.29) is 13.0 Å². The van der Waals surface area contributed by atoms with Crippen LogP contribution in [0, 0.1) is 0 Å². The summed E-state index contributed by atoms with van der Waals surface area (Å²) in [5, 5.41) is 0.326. The van der Waals surface area contributed by atoms with Gasteiger partial charge in [-0.15, -0.1) is 0 Å². The normalized spacial score (nSPS) is 14.2. The van der Waals surface area contributed by atoms with Crippen molar-refractivity contribution in [3.05, 3.63) is 52.5 Å². The average Bonchev–Trinajstić information content (AvgIpc) is 2.61. The standard InChI is InChI=1S/C17H15ClF3NO4S/c18-13-9-11(10-14-16(13)26-8-7-25-14)5-6-22-27(23,24)15-4-2-1-3-12(15)17(19,20)21/h1-4,9-10,22H,5-8H2. The van der Waals surface area contributed by atoms with E-state index in [9.17, 15) is 21.6 Å². The number of nitrogens with one attached hydrogen (secondary N) is 1. The van der Waals surface area contributed by atoms with Crippen molar-refractivity contribution in [2.45, 2.75) is 17.5 Å². The zero-order valence-corrected chi connectivity index (χ0v) is 15.4. The molecule has 0 saturated carbocycles. The highest BCUT2D eigenvalue weighted by atomic mass is 35.5. The number of hydrogen-bond donors (Lipinski definition) is 1. The van der Waals surface area contributed by atoms with Crippen LogP contribution in [0.5, 0.6) is 11.5 Å². The molecule has 2 aromatic rings. The first kappa shape index (κ1) is 19.8. The molecule has 1 N–H and O–H groups in total. The van der Waals surface area contributed by atoms with E-state index in [4.69, 9.17) is 21.1 Å². The van der Waals surface area contributed by atoms with Crippen molar-refractivity contribution in [1.29, 1.82) is 0 Å². The number of rotatable bonds is 5. The van der Waals surface area contributed by atoms with Crippen molar-refractivity contribution in [1.82, 2.24) is 4.72 Å². The van der Waals surface area contributed by atoms with E-state index in [1.165, 1.54) is 6.07 Å². The molecule has 3 rings (SSSR count). The van der Waals surface area contributed by atoms with Crippen molar-refractivity contribution in [3.8, 4) is 11.5 Å². The molecule has 0 unspecified atom stereocenters. The van der Waals surface area contributed by atoms with Gasteiger partial charge in [-0.2, -0.15) is 13.2 Å². The Hall–Kier alpha value is -1.97. The molecule has 0 aliphatic carbocycles. The zero-order chi connectivity index (χ0) is 19.7. The third kappa shape index (κ3) is 4.48. The Morgan fingerprint density at radius 1 is 1.11 bits per heavy atom. The highest BCUT2D eigenvalue weighted by Gasteiger charge is 2.36. The zero-order valence-electron chi connectivity index (χ0n) is 13.8. The summed E-state index contributed by atoms with van der Waals surface area (Å²) in [6.07, 6.45) is -4.56. The summed E-state index contributed by atoms with van der Waals surface area (Å²) in [6, 6.07) is 7.30. The van der Waals surface area contributed by atoms with Crippen molar-refractivity contribution in [3.63, 3.8) is 0 Å². The molecule has 1 aliphatic rings. The van der Waals surface area contributed by atoms with Gasteiger partial charge >= 0.3 is 6.18 Å². The summed E-state index contributed by atoms with van der Waals surface area (Å²) in [4.78, 5) is -0.808. The molecule has 1 heterocycles. The Morgan fingerprint density at radius 2 is 1.81 bits per heavy atom. The lowest BCUT2D eigenvalue weighted by Crippen LogP contribution is -2.28. The Balaban J connectivity index is 1.73. The predicted molar refractivity (Wildman–Crippen MR) is 92.8 cm³/mol. The van der Waals surface area contributed by atoms with E-state index in [1.54, 1.807) is 12.1 Å². The van der Waals surface area contributed by atoms with Crippen LogP contribution in [0.2, 0.25) is 5.02 Å². The van der Waals surface area contributed by atoms with E-state index in [1.807, 2.05) is 0 Å². The Labute approximate surface area is 159 Å². The van der Waals surface area contributed by atoms with Gasteiger partial charge in [0.1, 0.15) is 13.2 Å². The lowest BCUT2D eigenvalue weighted by atomic mass is 10.1. The first-order valence-corrected chi connectivity index (χ1v) is 9.78. The molecule has 5 nitrogen and oxygen atoms in total. The highest BCUT2D eigenvalue weighted by molar-refractivity contribution is 7.89. The largest absolute Gasteiger partial charge is 0.486 e. The molecule has 0 aromatic heterocycles. The molecule has 0 fully saturated rings. The maximum Gasteiger partial charge on any atom is 0.417 e. The first-order chi connectivity index (χ1) is 12.7. The monoisotopic (exact) mass is 421 g/mol. The van der Waals surface area contributed by atoms with Crippen LogP contribution in [0.3, 0.4) is 0 Å². The van der Waals surface area contributed by atoms with Crippen molar-refractivity contribution in [2.24, 2.45) is 0 Å². The van der Waals surface area contributed by atoms with Crippen LogP contribution >= 0.6 is 11.6 Å². The van der Waals surface area contributed by atoms with Crippen LogP contribution in [0.15, 0.2) is 41.3 Å². The summed E-state index contributed by atoms with van der Waals surface area (Å²) < 4.78 is 76.8. The molecule has 0 saturated heterocycles. The quantitative estimate of drug-likeness (QED) is 0.800. The van der Waals surface area contributed by atoms with Crippen LogP contribution in [0.4, 0.5) is 13.2 Å². The number of alkyl halides is 3. The van der Waals surface area contributed by atoms with E-state index in [0.29, 0.717) is 35.3 Å². The lowest BCUT2D eigenvalue weighted by Gasteiger charge is -2.20. The summed E-state index contributed by atoms with van der Waals surface area (Å²) >= 11 is 6.11. The molecule has 0 bridgehead atoms. The molecule has 0 radical (unpaired) electrons. The Kier molecular flexibility index (Phi) is 5.55. The second-order valence-corrected chi connectivity index (χ2v) is 7.89. The molecular weight excluding hydrogens is 407 g/mol. The van der Waals surface area contributed by atoms with Crippen LogP contribution < -0.4 is 14.2 Å². The second kappa shape index (κ2) is 7.57. The molecular formula is C17H15ClF3NO4S. The Bertz CT molecular complexity index is 948. The predicted octanol–water partition coefficient (Wildman–Crippen LogP) is 3.65. The van der Waals surface area contributed by atoms with E-state index in [2.05, 4.69) is 4.72 Å². The highest BCUT2D eigenvalue weighted by Crippen LogP contribution is 2.38. The minimum atomic E-state index is -4.77. The summed E-state index contributed by atoms with van der Waals surface area (Å²) in [6.45, 7) is 0.641. The fraction of sp³-hybridized carbons (Fsp3) is 0.294. The van der Waals surface area contributed by atoms with Gasteiger partial charge in [-0.3, -0.25) is 0 Å². The molecule has 0 amide bonds. The Morgan fingerprint density at radius 3 is 2.56 bits per heavy atom. The number of fused-ring (bicyclic) bond motifs is 1. The number of sulfonamides is 1. The van der Waals surface area contributed by atoms with Crippen LogP contribution in [0.25, 0.3) is 0 Å². The van der Waals surface area contributed by atoms with Crippen molar-refractivity contribution in [2.75, 3.05) is 19.8 Å². The van der Waals surface area contributed by atoms with E-state index < -0.39 is 26.7 Å². The molecule has 2 aromatic carbocycles. The van der Waals surface area contributed by atoms with E-state index >= 15 is 0 Å². The van der Waals surface area contributed by atoms with Gasteiger partial charge in [-0.25, -0.2) is 13.1 Å². The van der Waals surface area contributed by atoms with Gasteiger partial charge in [0.05, 0.1) is 15.5 Å². The van der Waals surface area contributed by atoms with E-state index in [0.717, 1.165) is 18.2 Å². The molecule has 0 spiro atoms. The maximum absolute atomic E-state index is 13.0. The molecule has 10 heteroatoms. The summed E-state index contributed by atoms with van der Waals surface area (Å²) in [7, 11) is -4.33. The van der Waals surface area contributed by atoms with Gasteiger partial charge in [0.2, 0.25) is 10.0 Å². The van der Waals surface area contributed by atoms with Gasteiger partial charge in [-0.05, 0) is 36.2 Å². The van der Waals surface area contributed by atoms with Crippen molar-refractivity contribution >= 4 is 21.6 Å². The summed E-state index contributed by atoms with van der Waals surface area (Å²) in [5.74, 6) is 0.875. The van der Waals surface area contributed by atoms with Gasteiger partial charge in [0, 0.05) is 6.54 Å². The van der Waals surface area contributed by atoms with Crippen molar-refractivity contribution < 1.29 is 31.1 Å². The smallest absolute Gasteiger partial charge is 0.417 e. The fourth-order valence-corrected chi connectivity index (χ4v) is 4.20. The molecule has 0 atom stereocenters. The van der Waals surface area contributed by atoms with Gasteiger partial charge in [-0.1, -0.05) is 23.7 Å². The van der Waals surface area contributed by atoms with Gasteiger partial charge < -0.3 is 9.47 Å². The molecule has 146 valence electrons. The first-order valence-electron chi connectivity index (χ1n) is 7.92. The van der Waals surface area contributed by atoms with Crippen LogP contribution in [0.1, 0.15) is 11.1 Å².